The van der Waals surface area contributed by atoms with Gasteiger partial charge >= 0.3 is 0 Å². The van der Waals surface area contributed by atoms with Gasteiger partial charge in [0.2, 0.25) is 5.91 Å². The van der Waals surface area contributed by atoms with Crippen molar-refractivity contribution >= 4 is 18.3 Å². The predicted molar refractivity (Wildman–Crippen MR) is 63.6 cm³/mol. The summed E-state index contributed by atoms with van der Waals surface area (Å²) in [5, 5.41) is 2.76. The van der Waals surface area contributed by atoms with Crippen LogP contribution in [0.5, 0.6) is 0 Å². The molecule has 0 aliphatic carbocycles. The van der Waals surface area contributed by atoms with Gasteiger partial charge in [0.15, 0.2) is 0 Å². The van der Waals surface area contributed by atoms with E-state index in [1.807, 2.05) is 13.8 Å². The van der Waals surface area contributed by atoms with Crippen LogP contribution in [-0.4, -0.2) is 44.4 Å². The molecule has 0 spiro atoms. The molecule has 1 unspecified atom stereocenters. The average Bonchev–Trinajstić information content (AvgIpc) is 2.26. The molecule has 1 rings (SSSR count). The topological polar surface area (TPSA) is 73.6 Å². The van der Waals surface area contributed by atoms with E-state index in [9.17, 15) is 4.79 Å². The van der Waals surface area contributed by atoms with Crippen molar-refractivity contribution in [2.75, 3.05) is 26.4 Å². The first kappa shape index (κ1) is 15.6. The molecule has 0 saturated carbocycles. The maximum Gasteiger partial charge on any atom is 0.237 e. The maximum atomic E-state index is 11.5. The summed E-state index contributed by atoms with van der Waals surface area (Å²) in [5.74, 6) is 0.0210. The fourth-order valence-electron chi connectivity index (χ4n) is 1.29. The summed E-state index contributed by atoms with van der Waals surface area (Å²) in [7, 11) is 0. The summed E-state index contributed by atoms with van der Waals surface area (Å²) in [6, 6.07) is -0.450. The van der Waals surface area contributed by atoms with E-state index in [2.05, 4.69) is 5.32 Å². The normalized spacial score (nSPS) is 22.4. The highest BCUT2D eigenvalue weighted by Gasteiger charge is 2.19. The molecular formula is C10H21ClN2O3. The lowest BCUT2D eigenvalue weighted by molar-refractivity contribution is -0.126. The third kappa shape index (κ3) is 5.12. The Hall–Kier alpha value is -0.360. The maximum absolute atomic E-state index is 11.5. The second-order valence-corrected chi connectivity index (χ2v) is 4.08. The van der Waals surface area contributed by atoms with E-state index in [4.69, 9.17) is 15.2 Å². The Morgan fingerprint density at radius 1 is 1.50 bits per heavy atom. The van der Waals surface area contributed by atoms with Crippen LogP contribution < -0.4 is 11.1 Å². The highest BCUT2D eigenvalue weighted by atomic mass is 35.5. The highest BCUT2D eigenvalue weighted by molar-refractivity contribution is 5.85. The molecule has 6 heteroatoms. The molecule has 0 aromatic rings. The summed E-state index contributed by atoms with van der Waals surface area (Å²) in [6.45, 7) is 6.08. The molecule has 1 aliphatic heterocycles. The number of hydrogen-bond acceptors (Lipinski definition) is 4. The van der Waals surface area contributed by atoms with Crippen LogP contribution in [-0.2, 0) is 14.3 Å². The summed E-state index contributed by atoms with van der Waals surface area (Å²) < 4.78 is 10.6. The minimum absolute atomic E-state index is 0. The molecule has 96 valence electrons. The van der Waals surface area contributed by atoms with E-state index in [1.54, 1.807) is 0 Å². The van der Waals surface area contributed by atoms with Crippen molar-refractivity contribution in [1.82, 2.24) is 5.32 Å². The minimum Gasteiger partial charge on any atom is -0.376 e. The Bertz CT molecular complexity index is 208. The second-order valence-electron chi connectivity index (χ2n) is 4.08. The lowest BCUT2D eigenvalue weighted by Crippen LogP contribution is -2.48. The van der Waals surface area contributed by atoms with Gasteiger partial charge in [-0.3, -0.25) is 4.79 Å². The van der Waals surface area contributed by atoms with Crippen LogP contribution in [0.3, 0.4) is 0 Å². The van der Waals surface area contributed by atoms with Crippen LogP contribution in [0.4, 0.5) is 0 Å². The van der Waals surface area contributed by atoms with Gasteiger partial charge in [0.25, 0.3) is 0 Å². The Labute approximate surface area is 102 Å². The van der Waals surface area contributed by atoms with Gasteiger partial charge < -0.3 is 20.5 Å². The number of carbonyl (C=O) groups excluding carboxylic acids is 1. The zero-order chi connectivity index (χ0) is 11.3. The van der Waals surface area contributed by atoms with Crippen LogP contribution in [0.25, 0.3) is 0 Å². The van der Waals surface area contributed by atoms with Gasteiger partial charge in [-0.1, -0.05) is 13.8 Å². The zero-order valence-corrected chi connectivity index (χ0v) is 10.6. The van der Waals surface area contributed by atoms with Gasteiger partial charge in [-0.05, 0) is 5.92 Å². The number of nitrogens with two attached hydrogens (primary N) is 1. The third-order valence-corrected chi connectivity index (χ3v) is 2.41. The van der Waals surface area contributed by atoms with E-state index in [0.717, 1.165) is 0 Å². The fraction of sp³-hybridized carbons (Fsp3) is 0.900. The van der Waals surface area contributed by atoms with Gasteiger partial charge in [0, 0.05) is 6.54 Å². The number of rotatable bonds is 4. The van der Waals surface area contributed by atoms with Crippen molar-refractivity contribution in [1.29, 1.82) is 0 Å². The van der Waals surface area contributed by atoms with E-state index in [0.29, 0.717) is 26.4 Å². The summed E-state index contributed by atoms with van der Waals surface area (Å²) in [6.07, 6.45) is -0.0398. The van der Waals surface area contributed by atoms with Gasteiger partial charge in [-0.25, -0.2) is 0 Å². The number of carbonyl (C=O) groups is 1. The number of ether oxygens (including phenoxy) is 2. The molecule has 5 nitrogen and oxygen atoms in total. The third-order valence-electron chi connectivity index (χ3n) is 2.41. The summed E-state index contributed by atoms with van der Waals surface area (Å²) >= 11 is 0. The molecule has 0 radical (unpaired) electrons. The van der Waals surface area contributed by atoms with Crippen LogP contribution >= 0.6 is 12.4 Å². The first-order valence-electron chi connectivity index (χ1n) is 5.34. The second kappa shape index (κ2) is 7.84. The predicted octanol–water partition coefficient (Wildman–Crippen LogP) is -0.0769. The molecule has 0 aromatic carbocycles. The van der Waals surface area contributed by atoms with Crippen LogP contribution in [0, 0.1) is 5.92 Å². The lowest BCUT2D eigenvalue weighted by Gasteiger charge is -2.24. The molecule has 1 fully saturated rings. The lowest BCUT2D eigenvalue weighted by atomic mass is 10.1. The molecule has 1 amide bonds. The van der Waals surface area contributed by atoms with Crippen molar-refractivity contribution in [3.05, 3.63) is 0 Å². The molecule has 0 bridgehead atoms. The molecule has 1 aliphatic rings. The van der Waals surface area contributed by atoms with Crippen molar-refractivity contribution < 1.29 is 14.3 Å². The van der Waals surface area contributed by atoms with Crippen LogP contribution in [0.2, 0.25) is 0 Å². The van der Waals surface area contributed by atoms with Gasteiger partial charge in [0.1, 0.15) is 0 Å². The molecular weight excluding hydrogens is 232 g/mol. The van der Waals surface area contributed by atoms with E-state index in [1.165, 1.54) is 0 Å². The monoisotopic (exact) mass is 252 g/mol. The largest absolute Gasteiger partial charge is 0.376 e. The summed E-state index contributed by atoms with van der Waals surface area (Å²) in [5.41, 5.74) is 5.69. The van der Waals surface area contributed by atoms with Gasteiger partial charge in [0.05, 0.1) is 32.0 Å². The zero-order valence-electron chi connectivity index (χ0n) is 9.77. The molecule has 1 saturated heterocycles. The molecule has 0 aromatic heterocycles. The quantitative estimate of drug-likeness (QED) is 0.734. The fourth-order valence-corrected chi connectivity index (χ4v) is 1.29. The molecule has 3 N–H and O–H groups in total. The van der Waals surface area contributed by atoms with Gasteiger partial charge in [-0.15, -0.1) is 12.4 Å². The molecule has 16 heavy (non-hydrogen) atoms. The smallest absolute Gasteiger partial charge is 0.237 e. The average molecular weight is 253 g/mol. The van der Waals surface area contributed by atoms with E-state index < -0.39 is 6.04 Å². The number of hydrogen-bond donors (Lipinski definition) is 2. The Balaban J connectivity index is 0.00000225. The van der Waals surface area contributed by atoms with Crippen molar-refractivity contribution in [3.8, 4) is 0 Å². The van der Waals surface area contributed by atoms with Crippen molar-refractivity contribution in [3.63, 3.8) is 0 Å². The number of halogens is 1. The SMILES string of the molecule is CC(C)[C@H](N)C(=O)NCC1COCCO1.Cl. The Morgan fingerprint density at radius 2 is 2.19 bits per heavy atom. The standard InChI is InChI=1S/C10H20N2O3.ClH/c1-7(2)9(11)10(13)12-5-8-6-14-3-4-15-8;/h7-9H,3-6,11H2,1-2H3,(H,12,13);1H/t8?,9-;/m0./s1. The Morgan fingerprint density at radius 3 is 2.69 bits per heavy atom. The minimum atomic E-state index is -0.450. The summed E-state index contributed by atoms with van der Waals surface area (Å²) in [4.78, 5) is 11.5. The van der Waals surface area contributed by atoms with Gasteiger partial charge in [-0.2, -0.15) is 0 Å². The van der Waals surface area contributed by atoms with Crippen LogP contribution in [0.15, 0.2) is 0 Å². The number of nitrogens with one attached hydrogen (secondary N) is 1. The van der Waals surface area contributed by atoms with E-state index >= 15 is 0 Å². The van der Waals surface area contributed by atoms with Crippen molar-refractivity contribution in [2.45, 2.75) is 26.0 Å². The highest BCUT2D eigenvalue weighted by Crippen LogP contribution is 2.01. The number of amides is 1. The molecule has 1 heterocycles. The van der Waals surface area contributed by atoms with E-state index in [-0.39, 0.29) is 30.3 Å². The first-order valence-corrected chi connectivity index (χ1v) is 5.34. The molecule has 2 atom stereocenters. The Kier molecular flexibility index (Phi) is 7.66. The van der Waals surface area contributed by atoms with Crippen LogP contribution in [0.1, 0.15) is 13.8 Å². The first-order chi connectivity index (χ1) is 7.11. The van der Waals surface area contributed by atoms with Crippen molar-refractivity contribution in [2.24, 2.45) is 11.7 Å².